The molecule has 2 nitrogen and oxygen atoms in total. The summed E-state index contributed by atoms with van der Waals surface area (Å²) in [5, 5.41) is 3.44. The Balaban J connectivity index is 3.36. The lowest BCUT2D eigenvalue weighted by atomic mass is 10.0. The van der Waals surface area contributed by atoms with Crippen LogP contribution in [-0.2, 0) is 0 Å². The molecule has 0 fully saturated rings. The SMILES string of the molecule is CCCCNC(CN)C(C)C. The summed E-state index contributed by atoms with van der Waals surface area (Å²) < 4.78 is 0. The Morgan fingerprint density at radius 1 is 1.36 bits per heavy atom. The summed E-state index contributed by atoms with van der Waals surface area (Å²) in [6.45, 7) is 8.47. The summed E-state index contributed by atoms with van der Waals surface area (Å²) >= 11 is 0. The maximum absolute atomic E-state index is 5.59. The van der Waals surface area contributed by atoms with Gasteiger partial charge in [-0.1, -0.05) is 27.2 Å². The number of nitrogens with two attached hydrogens (primary N) is 1. The van der Waals surface area contributed by atoms with E-state index in [1.165, 1.54) is 12.8 Å². The largest absolute Gasteiger partial charge is 0.329 e. The van der Waals surface area contributed by atoms with Gasteiger partial charge in [0.1, 0.15) is 0 Å². The Morgan fingerprint density at radius 2 is 2.00 bits per heavy atom. The van der Waals surface area contributed by atoms with Crippen molar-refractivity contribution in [1.29, 1.82) is 0 Å². The van der Waals surface area contributed by atoms with E-state index < -0.39 is 0 Å². The average molecular weight is 158 g/mol. The van der Waals surface area contributed by atoms with Crippen molar-refractivity contribution in [2.24, 2.45) is 11.7 Å². The van der Waals surface area contributed by atoms with E-state index in [1.807, 2.05) is 0 Å². The predicted molar refractivity (Wildman–Crippen MR) is 50.6 cm³/mol. The fourth-order valence-corrected chi connectivity index (χ4v) is 1.06. The Hall–Kier alpha value is -0.0800. The summed E-state index contributed by atoms with van der Waals surface area (Å²) in [6.07, 6.45) is 2.51. The molecule has 0 aromatic heterocycles. The Morgan fingerprint density at radius 3 is 2.36 bits per heavy atom. The van der Waals surface area contributed by atoms with Gasteiger partial charge < -0.3 is 11.1 Å². The van der Waals surface area contributed by atoms with E-state index >= 15 is 0 Å². The molecule has 1 atom stereocenters. The maximum atomic E-state index is 5.59. The van der Waals surface area contributed by atoms with Crippen molar-refractivity contribution in [1.82, 2.24) is 5.32 Å². The standard InChI is InChI=1S/C9H22N2/c1-4-5-6-11-9(7-10)8(2)3/h8-9,11H,4-7,10H2,1-3H3. The molecule has 2 heteroatoms. The van der Waals surface area contributed by atoms with Crippen molar-refractivity contribution >= 4 is 0 Å². The van der Waals surface area contributed by atoms with E-state index in [4.69, 9.17) is 5.73 Å². The molecule has 1 unspecified atom stereocenters. The van der Waals surface area contributed by atoms with E-state index in [0.29, 0.717) is 12.0 Å². The summed E-state index contributed by atoms with van der Waals surface area (Å²) in [7, 11) is 0. The molecular formula is C9H22N2. The first-order chi connectivity index (χ1) is 5.22. The van der Waals surface area contributed by atoms with Crippen LogP contribution in [0.3, 0.4) is 0 Å². The number of hydrogen-bond donors (Lipinski definition) is 2. The third kappa shape index (κ3) is 5.22. The molecular weight excluding hydrogens is 136 g/mol. The molecule has 0 rings (SSSR count). The zero-order valence-corrected chi connectivity index (χ0v) is 8.06. The Labute approximate surface area is 70.5 Å². The van der Waals surface area contributed by atoms with Gasteiger partial charge in [-0.25, -0.2) is 0 Å². The fraction of sp³-hybridized carbons (Fsp3) is 1.00. The number of unbranched alkanes of at least 4 members (excludes halogenated alkanes) is 1. The third-order valence-electron chi connectivity index (χ3n) is 2.00. The quantitative estimate of drug-likeness (QED) is 0.573. The highest BCUT2D eigenvalue weighted by Crippen LogP contribution is 1.99. The van der Waals surface area contributed by atoms with Gasteiger partial charge in [-0.05, 0) is 18.9 Å². The minimum atomic E-state index is 0.501. The first-order valence-corrected chi connectivity index (χ1v) is 4.65. The molecule has 0 spiro atoms. The number of nitrogens with one attached hydrogen (secondary N) is 1. The van der Waals surface area contributed by atoms with Gasteiger partial charge in [0.25, 0.3) is 0 Å². The zero-order valence-electron chi connectivity index (χ0n) is 8.06. The molecule has 0 amide bonds. The lowest BCUT2D eigenvalue weighted by Crippen LogP contribution is -2.40. The van der Waals surface area contributed by atoms with E-state index in [9.17, 15) is 0 Å². The van der Waals surface area contributed by atoms with Crippen molar-refractivity contribution in [3.8, 4) is 0 Å². The van der Waals surface area contributed by atoms with E-state index in [0.717, 1.165) is 13.1 Å². The predicted octanol–water partition coefficient (Wildman–Crippen LogP) is 1.36. The zero-order chi connectivity index (χ0) is 8.69. The monoisotopic (exact) mass is 158 g/mol. The minimum Gasteiger partial charge on any atom is -0.329 e. The normalized spacial score (nSPS) is 13.9. The van der Waals surface area contributed by atoms with Crippen LogP contribution < -0.4 is 11.1 Å². The van der Waals surface area contributed by atoms with Gasteiger partial charge >= 0.3 is 0 Å². The first-order valence-electron chi connectivity index (χ1n) is 4.65. The Kier molecular flexibility index (Phi) is 6.57. The van der Waals surface area contributed by atoms with Crippen LogP contribution in [0, 0.1) is 5.92 Å². The topological polar surface area (TPSA) is 38.0 Å². The second-order valence-corrected chi connectivity index (χ2v) is 3.39. The third-order valence-corrected chi connectivity index (χ3v) is 2.00. The molecule has 0 saturated carbocycles. The highest BCUT2D eigenvalue weighted by molar-refractivity contribution is 4.70. The summed E-state index contributed by atoms with van der Waals surface area (Å²) in [5.41, 5.74) is 5.59. The van der Waals surface area contributed by atoms with Gasteiger partial charge in [0.05, 0.1) is 0 Å². The first kappa shape index (κ1) is 10.9. The van der Waals surface area contributed by atoms with Crippen LogP contribution in [0.5, 0.6) is 0 Å². The highest BCUT2D eigenvalue weighted by Gasteiger charge is 2.08. The van der Waals surface area contributed by atoms with Gasteiger partial charge in [-0.15, -0.1) is 0 Å². The molecule has 68 valence electrons. The van der Waals surface area contributed by atoms with E-state index in [-0.39, 0.29) is 0 Å². The van der Waals surface area contributed by atoms with Gasteiger partial charge in [0, 0.05) is 12.6 Å². The van der Waals surface area contributed by atoms with E-state index in [2.05, 4.69) is 26.1 Å². The molecule has 0 radical (unpaired) electrons. The molecule has 0 aromatic rings. The van der Waals surface area contributed by atoms with E-state index in [1.54, 1.807) is 0 Å². The molecule has 0 heterocycles. The molecule has 0 saturated heterocycles. The molecule has 3 N–H and O–H groups in total. The van der Waals surface area contributed by atoms with Gasteiger partial charge in [-0.2, -0.15) is 0 Å². The minimum absolute atomic E-state index is 0.501. The summed E-state index contributed by atoms with van der Waals surface area (Å²) in [4.78, 5) is 0. The maximum Gasteiger partial charge on any atom is 0.0213 e. The molecule has 0 aliphatic carbocycles. The lowest BCUT2D eigenvalue weighted by molar-refractivity contribution is 0.403. The van der Waals surface area contributed by atoms with Crippen LogP contribution in [0.25, 0.3) is 0 Å². The van der Waals surface area contributed by atoms with Crippen LogP contribution in [0.15, 0.2) is 0 Å². The smallest absolute Gasteiger partial charge is 0.0213 e. The fourth-order valence-electron chi connectivity index (χ4n) is 1.06. The van der Waals surface area contributed by atoms with Gasteiger partial charge in [0.2, 0.25) is 0 Å². The van der Waals surface area contributed by atoms with Crippen molar-refractivity contribution in [2.75, 3.05) is 13.1 Å². The van der Waals surface area contributed by atoms with Gasteiger partial charge in [0.15, 0.2) is 0 Å². The van der Waals surface area contributed by atoms with Crippen LogP contribution in [0.4, 0.5) is 0 Å². The second-order valence-electron chi connectivity index (χ2n) is 3.39. The van der Waals surface area contributed by atoms with Gasteiger partial charge in [-0.3, -0.25) is 0 Å². The number of rotatable bonds is 6. The molecule has 0 aliphatic rings. The van der Waals surface area contributed by atoms with Crippen molar-refractivity contribution in [3.05, 3.63) is 0 Å². The molecule has 0 aliphatic heterocycles. The summed E-state index contributed by atoms with van der Waals surface area (Å²) in [5.74, 6) is 0.650. The van der Waals surface area contributed by atoms with Crippen molar-refractivity contribution in [2.45, 2.75) is 39.7 Å². The van der Waals surface area contributed by atoms with Crippen molar-refractivity contribution in [3.63, 3.8) is 0 Å². The molecule has 0 aromatic carbocycles. The Bertz CT molecular complexity index is 81.6. The van der Waals surface area contributed by atoms with Crippen LogP contribution in [-0.4, -0.2) is 19.1 Å². The van der Waals surface area contributed by atoms with Crippen LogP contribution >= 0.6 is 0 Å². The van der Waals surface area contributed by atoms with Crippen LogP contribution in [0.1, 0.15) is 33.6 Å². The second kappa shape index (κ2) is 6.62. The average Bonchev–Trinajstić information content (AvgIpc) is 1.97. The molecule has 0 bridgehead atoms. The summed E-state index contributed by atoms with van der Waals surface area (Å²) in [6, 6.07) is 0.501. The van der Waals surface area contributed by atoms with Crippen molar-refractivity contribution < 1.29 is 0 Å². The molecule has 11 heavy (non-hydrogen) atoms. The van der Waals surface area contributed by atoms with Crippen LogP contribution in [0.2, 0.25) is 0 Å². The lowest BCUT2D eigenvalue weighted by Gasteiger charge is -2.20. The highest BCUT2D eigenvalue weighted by atomic mass is 14.9. The number of hydrogen-bond acceptors (Lipinski definition) is 2.